The van der Waals surface area contributed by atoms with Crippen molar-refractivity contribution in [2.45, 2.75) is 71.4 Å². The van der Waals surface area contributed by atoms with E-state index in [4.69, 9.17) is 4.74 Å². The van der Waals surface area contributed by atoms with Gasteiger partial charge in [-0.05, 0) is 43.6 Å². The maximum atomic E-state index is 11.9. The average molecular weight is 317 g/mol. The van der Waals surface area contributed by atoms with Gasteiger partial charge in [0.1, 0.15) is 6.10 Å². The molecule has 128 valence electrons. The number of rotatable bonds is 5. The van der Waals surface area contributed by atoms with Crippen molar-refractivity contribution in [1.29, 1.82) is 0 Å². The second-order valence-corrected chi connectivity index (χ2v) is 6.39. The summed E-state index contributed by atoms with van der Waals surface area (Å²) in [7, 11) is 0. The van der Waals surface area contributed by atoms with Crippen molar-refractivity contribution in [1.82, 2.24) is 4.90 Å². The molecule has 2 heterocycles. The van der Waals surface area contributed by atoms with E-state index in [-0.39, 0.29) is 12.2 Å². The van der Waals surface area contributed by atoms with Crippen LogP contribution in [0.15, 0.2) is 30.3 Å². The van der Waals surface area contributed by atoms with Crippen molar-refractivity contribution in [3.63, 3.8) is 0 Å². The Morgan fingerprint density at radius 3 is 2.61 bits per heavy atom. The number of benzene rings is 1. The number of hydrogen-bond acceptors (Lipinski definition) is 2. The van der Waals surface area contributed by atoms with Crippen LogP contribution in [0.2, 0.25) is 0 Å². The first kappa shape index (κ1) is 17.8. The molecule has 0 aromatic heterocycles. The number of fused-ring (bicyclic) bond motifs is 1. The molecule has 0 saturated carbocycles. The van der Waals surface area contributed by atoms with E-state index in [0.717, 1.165) is 44.6 Å². The van der Waals surface area contributed by atoms with Crippen LogP contribution in [0.4, 0.5) is 4.79 Å². The number of cyclic esters (lactones) is 1. The fourth-order valence-corrected chi connectivity index (χ4v) is 3.74. The fourth-order valence-electron chi connectivity index (χ4n) is 3.74. The first-order chi connectivity index (χ1) is 11.3. The lowest BCUT2D eigenvalue weighted by molar-refractivity contribution is 0.120. The molecule has 2 saturated heterocycles. The van der Waals surface area contributed by atoms with Crippen LogP contribution in [0, 0.1) is 5.92 Å². The molecule has 3 rings (SSSR count). The van der Waals surface area contributed by atoms with E-state index in [9.17, 15) is 4.79 Å². The summed E-state index contributed by atoms with van der Waals surface area (Å²) in [6, 6.07) is 11.0. The number of amides is 1. The normalized spacial score (nSPS) is 26.1. The van der Waals surface area contributed by atoms with E-state index >= 15 is 0 Å². The maximum absolute atomic E-state index is 11.9. The van der Waals surface area contributed by atoms with Crippen LogP contribution in [-0.4, -0.2) is 29.7 Å². The third kappa shape index (κ3) is 4.49. The van der Waals surface area contributed by atoms with E-state index < -0.39 is 0 Å². The Kier molecular flexibility index (Phi) is 6.94. The topological polar surface area (TPSA) is 29.5 Å². The molecular formula is C20H31NO2. The second-order valence-electron chi connectivity index (χ2n) is 6.39. The molecule has 0 aliphatic carbocycles. The Labute approximate surface area is 141 Å². The van der Waals surface area contributed by atoms with Gasteiger partial charge in [-0.25, -0.2) is 4.79 Å². The molecule has 2 aliphatic heterocycles. The predicted molar refractivity (Wildman–Crippen MR) is 94.5 cm³/mol. The number of piperidine rings is 1. The fraction of sp³-hybridized carbons (Fsp3) is 0.650. The highest BCUT2D eigenvalue weighted by Crippen LogP contribution is 2.35. The van der Waals surface area contributed by atoms with Gasteiger partial charge < -0.3 is 9.64 Å². The van der Waals surface area contributed by atoms with E-state index in [0.29, 0.717) is 6.04 Å². The zero-order chi connectivity index (χ0) is 16.7. The molecule has 1 amide bonds. The highest BCUT2D eigenvalue weighted by molar-refractivity contribution is 5.70. The number of ether oxygens (including phenoxy) is 1. The van der Waals surface area contributed by atoms with Gasteiger partial charge >= 0.3 is 6.09 Å². The SMILES string of the molecule is CC.CCC[C@@H]1OC(=O)N2CC[C@H](CCc3ccccc3)C[C@H]12. The van der Waals surface area contributed by atoms with Crippen molar-refractivity contribution in [3.05, 3.63) is 35.9 Å². The number of carbonyl (C=O) groups is 1. The highest BCUT2D eigenvalue weighted by Gasteiger charge is 2.44. The zero-order valence-electron chi connectivity index (χ0n) is 14.8. The molecule has 3 nitrogen and oxygen atoms in total. The average Bonchev–Trinajstić information content (AvgIpc) is 2.92. The summed E-state index contributed by atoms with van der Waals surface area (Å²) in [5.74, 6) is 0.723. The van der Waals surface area contributed by atoms with Gasteiger partial charge in [0.05, 0.1) is 6.04 Å². The largest absolute Gasteiger partial charge is 0.444 e. The van der Waals surface area contributed by atoms with Crippen LogP contribution in [-0.2, 0) is 11.2 Å². The van der Waals surface area contributed by atoms with Crippen molar-refractivity contribution in [2.24, 2.45) is 5.92 Å². The van der Waals surface area contributed by atoms with Crippen molar-refractivity contribution >= 4 is 6.09 Å². The Morgan fingerprint density at radius 1 is 1.17 bits per heavy atom. The minimum Gasteiger partial charge on any atom is -0.444 e. The smallest absolute Gasteiger partial charge is 0.410 e. The molecule has 0 bridgehead atoms. The minimum absolute atomic E-state index is 0.0834. The molecular weight excluding hydrogens is 286 g/mol. The van der Waals surface area contributed by atoms with Gasteiger partial charge in [-0.3, -0.25) is 0 Å². The van der Waals surface area contributed by atoms with Gasteiger partial charge in [0, 0.05) is 6.54 Å². The second kappa shape index (κ2) is 8.95. The maximum Gasteiger partial charge on any atom is 0.410 e. The van der Waals surface area contributed by atoms with Crippen molar-refractivity contribution < 1.29 is 9.53 Å². The molecule has 3 atom stereocenters. The van der Waals surface area contributed by atoms with E-state index in [1.54, 1.807) is 0 Å². The number of hydrogen-bond donors (Lipinski definition) is 0. The predicted octanol–water partition coefficient (Wildman–Crippen LogP) is 5.04. The van der Waals surface area contributed by atoms with Gasteiger partial charge in [0.15, 0.2) is 0 Å². The summed E-state index contributed by atoms with van der Waals surface area (Å²) in [6.07, 6.45) is 6.73. The molecule has 0 unspecified atom stereocenters. The van der Waals surface area contributed by atoms with Crippen LogP contribution in [0.1, 0.15) is 58.4 Å². The Balaban J connectivity index is 0.000000924. The Hall–Kier alpha value is -1.51. The Morgan fingerprint density at radius 2 is 1.91 bits per heavy atom. The Bertz CT molecular complexity index is 474. The summed E-state index contributed by atoms with van der Waals surface area (Å²) in [6.45, 7) is 7.04. The van der Waals surface area contributed by atoms with Gasteiger partial charge in [-0.15, -0.1) is 0 Å². The third-order valence-corrected chi connectivity index (χ3v) is 4.93. The summed E-state index contributed by atoms with van der Waals surface area (Å²) in [5.41, 5.74) is 1.42. The van der Waals surface area contributed by atoms with Gasteiger partial charge in [0.25, 0.3) is 0 Å². The first-order valence-corrected chi connectivity index (χ1v) is 9.29. The van der Waals surface area contributed by atoms with Gasteiger partial charge in [0.2, 0.25) is 0 Å². The minimum atomic E-state index is -0.0834. The molecule has 1 aromatic carbocycles. The van der Waals surface area contributed by atoms with Crippen LogP contribution in [0.5, 0.6) is 0 Å². The van der Waals surface area contributed by atoms with Gasteiger partial charge in [-0.2, -0.15) is 0 Å². The van der Waals surface area contributed by atoms with Crippen LogP contribution in [0.3, 0.4) is 0 Å². The molecule has 2 fully saturated rings. The van der Waals surface area contributed by atoms with E-state index in [2.05, 4.69) is 37.3 Å². The number of carbonyl (C=O) groups excluding carboxylic acids is 1. The molecule has 1 aromatic rings. The quantitative estimate of drug-likeness (QED) is 0.761. The standard InChI is InChI=1S/C18H25NO2.C2H6/c1-2-6-17-16-13-15(11-12-19(16)18(20)21-17)10-9-14-7-4-3-5-8-14;1-2/h3-5,7-8,15-17H,2,6,9-13H2,1H3;1-2H3/t15-,16+,17-;/m0./s1. The highest BCUT2D eigenvalue weighted by atomic mass is 16.6. The zero-order valence-corrected chi connectivity index (χ0v) is 14.8. The van der Waals surface area contributed by atoms with Crippen molar-refractivity contribution in [2.75, 3.05) is 6.54 Å². The summed E-state index contributed by atoms with van der Waals surface area (Å²) in [4.78, 5) is 13.9. The van der Waals surface area contributed by atoms with E-state index in [1.165, 1.54) is 12.0 Å². The van der Waals surface area contributed by atoms with Crippen LogP contribution in [0.25, 0.3) is 0 Å². The number of nitrogens with zero attached hydrogens (tertiary/aromatic N) is 1. The lowest BCUT2D eigenvalue weighted by Crippen LogP contribution is -2.43. The molecule has 0 radical (unpaired) electrons. The molecule has 2 aliphatic rings. The molecule has 3 heteroatoms. The monoisotopic (exact) mass is 317 g/mol. The summed E-state index contributed by atoms with van der Waals surface area (Å²) in [5, 5.41) is 0. The number of aryl methyl sites for hydroxylation is 1. The van der Waals surface area contributed by atoms with Crippen molar-refractivity contribution in [3.8, 4) is 0 Å². The van der Waals surface area contributed by atoms with Gasteiger partial charge in [-0.1, -0.05) is 57.5 Å². The summed E-state index contributed by atoms with van der Waals surface area (Å²) >= 11 is 0. The van der Waals surface area contributed by atoms with Crippen LogP contribution < -0.4 is 0 Å². The summed E-state index contributed by atoms with van der Waals surface area (Å²) < 4.78 is 5.55. The molecule has 0 spiro atoms. The van der Waals surface area contributed by atoms with E-state index in [1.807, 2.05) is 18.7 Å². The van der Waals surface area contributed by atoms with Crippen LogP contribution >= 0.6 is 0 Å². The lowest BCUT2D eigenvalue weighted by Gasteiger charge is -2.34. The third-order valence-electron chi connectivity index (χ3n) is 4.93. The molecule has 0 N–H and O–H groups in total. The molecule has 23 heavy (non-hydrogen) atoms. The first-order valence-electron chi connectivity index (χ1n) is 9.29. The lowest BCUT2D eigenvalue weighted by atomic mass is 9.84.